The molecule has 1 aromatic rings. The third kappa shape index (κ3) is 7.17. The molecule has 2 fully saturated rings. The molecule has 1 saturated heterocycles. The first-order valence-electron chi connectivity index (χ1n) is 12.9. The fourth-order valence-electron chi connectivity index (χ4n) is 4.55. The largest absolute Gasteiger partial charge is 0.391 e. The van der Waals surface area contributed by atoms with Gasteiger partial charge in [-0.3, -0.25) is 14.4 Å². The summed E-state index contributed by atoms with van der Waals surface area (Å²) in [5.74, 6) is -0.843. The van der Waals surface area contributed by atoms with Crippen molar-refractivity contribution in [2.45, 2.75) is 78.5 Å². The van der Waals surface area contributed by atoms with Gasteiger partial charge in [-0.15, -0.1) is 11.3 Å². The smallest absolute Gasteiger partial charge is 0.246 e. The Morgan fingerprint density at radius 2 is 1.97 bits per heavy atom. The number of β-amino-alcohol motifs (C(OH)–C–C–N with tert-alkyl or cyclic N) is 1. The number of aliphatic hydroxyl groups excluding tert-OH is 1. The maximum Gasteiger partial charge on any atom is 0.246 e. The van der Waals surface area contributed by atoms with Gasteiger partial charge in [0.2, 0.25) is 17.7 Å². The minimum Gasteiger partial charge on any atom is -0.391 e. The van der Waals surface area contributed by atoms with Crippen LogP contribution in [0.4, 0.5) is 0 Å². The zero-order chi connectivity index (χ0) is 27.3. The normalized spacial score (nSPS) is 21.8. The standard InChI is InChI=1S/C28H40N4O4S/c1-7-19(12-11-17(2)23-18(3)30-16-37-23)14-29-26(35)22-13-21(33)15-32(22)27(36)24(28(4,5)6)31-25(34)20-9-8-10-20/h7,11-12,16,20-22,24,33H,1,8-10,13-15H2,2-6H3,(H,29,35)(H,31,34)/b17-11+,19-12+/t21-,22+,24-/m1/s1. The molecular formula is C28H40N4O4S. The first kappa shape index (κ1) is 28.8. The van der Waals surface area contributed by atoms with Gasteiger partial charge >= 0.3 is 0 Å². The molecule has 1 aliphatic heterocycles. The van der Waals surface area contributed by atoms with Crippen LogP contribution in [0.15, 0.2) is 35.9 Å². The van der Waals surface area contributed by atoms with Crippen molar-refractivity contribution < 1.29 is 19.5 Å². The lowest BCUT2D eigenvalue weighted by atomic mass is 9.82. The number of carbonyl (C=O) groups excluding carboxylic acids is 3. The summed E-state index contributed by atoms with van der Waals surface area (Å²) in [7, 11) is 0. The van der Waals surface area contributed by atoms with Crippen molar-refractivity contribution in [3.05, 3.63) is 46.5 Å². The Balaban J connectivity index is 1.68. The Kier molecular flexibility index (Phi) is 9.47. The van der Waals surface area contributed by atoms with E-state index in [9.17, 15) is 19.5 Å². The molecule has 9 heteroatoms. The molecule has 0 aromatic carbocycles. The summed E-state index contributed by atoms with van der Waals surface area (Å²) in [4.78, 5) is 46.2. The van der Waals surface area contributed by atoms with Crippen LogP contribution in [0.2, 0.25) is 0 Å². The average Bonchev–Trinajstić information content (AvgIpc) is 3.40. The molecule has 3 atom stereocenters. The second kappa shape index (κ2) is 12.2. The Morgan fingerprint density at radius 3 is 2.51 bits per heavy atom. The minimum atomic E-state index is -0.809. The average molecular weight is 529 g/mol. The van der Waals surface area contributed by atoms with Gasteiger partial charge in [0.1, 0.15) is 12.1 Å². The summed E-state index contributed by atoms with van der Waals surface area (Å²) in [6.45, 7) is 13.8. The van der Waals surface area contributed by atoms with E-state index >= 15 is 0 Å². The molecule has 2 heterocycles. The summed E-state index contributed by atoms with van der Waals surface area (Å²) in [5.41, 5.74) is 4.12. The predicted octanol–water partition coefficient (Wildman–Crippen LogP) is 3.38. The Bertz CT molecular complexity index is 1080. The molecule has 1 aliphatic carbocycles. The molecule has 0 radical (unpaired) electrons. The van der Waals surface area contributed by atoms with Crippen molar-refractivity contribution in [3.8, 4) is 0 Å². The van der Waals surface area contributed by atoms with Gasteiger partial charge in [-0.25, -0.2) is 4.98 Å². The first-order chi connectivity index (χ1) is 17.4. The van der Waals surface area contributed by atoms with E-state index < -0.39 is 23.6 Å². The van der Waals surface area contributed by atoms with E-state index in [4.69, 9.17) is 0 Å². The molecule has 0 spiro atoms. The number of thiazole rings is 1. The van der Waals surface area contributed by atoms with Crippen LogP contribution in [0.1, 0.15) is 63.9 Å². The van der Waals surface area contributed by atoms with Crippen LogP contribution < -0.4 is 10.6 Å². The first-order valence-corrected chi connectivity index (χ1v) is 13.8. The van der Waals surface area contributed by atoms with Gasteiger partial charge in [-0.1, -0.05) is 52.0 Å². The molecule has 1 aromatic heterocycles. The van der Waals surface area contributed by atoms with Crippen LogP contribution in [-0.2, 0) is 14.4 Å². The highest BCUT2D eigenvalue weighted by molar-refractivity contribution is 7.10. The molecular weight excluding hydrogens is 488 g/mol. The SMILES string of the molecule is C=C/C(=C\C=C(/C)c1scnc1C)CNC(=O)[C@@H]1C[C@@H](O)CN1C(=O)[C@@H](NC(=O)C1CCC1)C(C)(C)C. The fraction of sp³-hybridized carbons (Fsp3) is 0.571. The highest BCUT2D eigenvalue weighted by Gasteiger charge is 2.45. The number of aliphatic hydroxyl groups is 1. The second-order valence-electron chi connectivity index (χ2n) is 11.1. The zero-order valence-corrected chi connectivity index (χ0v) is 23.4. The highest BCUT2D eigenvalue weighted by Crippen LogP contribution is 2.30. The van der Waals surface area contributed by atoms with Crippen LogP contribution in [-0.4, -0.2) is 64.0 Å². The van der Waals surface area contributed by atoms with Gasteiger partial charge < -0.3 is 20.6 Å². The Morgan fingerprint density at radius 1 is 1.27 bits per heavy atom. The van der Waals surface area contributed by atoms with Crippen molar-refractivity contribution in [1.82, 2.24) is 20.5 Å². The van der Waals surface area contributed by atoms with Crippen molar-refractivity contribution in [2.75, 3.05) is 13.1 Å². The maximum atomic E-state index is 13.6. The monoisotopic (exact) mass is 528 g/mol. The van der Waals surface area contributed by atoms with Crippen LogP contribution in [0.3, 0.4) is 0 Å². The number of hydrogen-bond acceptors (Lipinski definition) is 6. The number of aryl methyl sites for hydroxylation is 1. The highest BCUT2D eigenvalue weighted by atomic mass is 32.1. The molecule has 8 nitrogen and oxygen atoms in total. The quantitative estimate of drug-likeness (QED) is 0.426. The van der Waals surface area contributed by atoms with Crippen LogP contribution in [0, 0.1) is 18.3 Å². The summed E-state index contributed by atoms with van der Waals surface area (Å²) in [5, 5.41) is 16.2. The van der Waals surface area contributed by atoms with Gasteiger partial charge in [0.15, 0.2) is 0 Å². The number of aromatic nitrogens is 1. The van der Waals surface area contributed by atoms with E-state index in [1.54, 1.807) is 17.4 Å². The molecule has 0 unspecified atom stereocenters. The van der Waals surface area contributed by atoms with E-state index in [0.29, 0.717) is 0 Å². The molecule has 37 heavy (non-hydrogen) atoms. The topological polar surface area (TPSA) is 112 Å². The number of allylic oxidation sites excluding steroid dienone is 3. The van der Waals surface area contributed by atoms with Gasteiger partial charge in [-0.2, -0.15) is 0 Å². The molecule has 2 aliphatic rings. The zero-order valence-electron chi connectivity index (χ0n) is 22.5. The number of carbonyl (C=O) groups is 3. The number of amides is 3. The van der Waals surface area contributed by atoms with Gasteiger partial charge in [-0.05, 0) is 43.3 Å². The van der Waals surface area contributed by atoms with Crippen LogP contribution in [0.25, 0.3) is 5.57 Å². The lowest BCUT2D eigenvalue weighted by Crippen LogP contribution is -2.58. The number of likely N-dealkylation sites (tertiary alicyclic amines) is 1. The third-order valence-corrected chi connectivity index (χ3v) is 8.18. The molecule has 3 N–H and O–H groups in total. The third-order valence-electron chi connectivity index (χ3n) is 7.12. The Labute approximate surface area is 223 Å². The second-order valence-corrected chi connectivity index (χ2v) is 12.0. The van der Waals surface area contributed by atoms with E-state index in [1.807, 2.05) is 52.3 Å². The van der Waals surface area contributed by atoms with Gasteiger partial charge in [0, 0.05) is 25.4 Å². The lowest BCUT2D eigenvalue weighted by Gasteiger charge is -2.37. The van der Waals surface area contributed by atoms with Crippen LogP contribution >= 0.6 is 11.3 Å². The van der Waals surface area contributed by atoms with E-state index in [2.05, 4.69) is 22.2 Å². The summed E-state index contributed by atoms with van der Waals surface area (Å²) in [6, 6.07) is -1.59. The molecule has 3 rings (SSSR count). The molecule has 0 bridgehead atoms. The summed E-state index contributed by atoms with van der Waals surface area (Å²) in [6.07, 6.45) is 7.60. The summed E-state index contributed by atoms with van der Waals surface area (Å²) >= 11 is 1.58. The molecule has 1 saturated carbocycles. The fourth-order valence-corrected chi connectivity index (χ4v) is 5.34. The maximum absolute atomic E-state index is 13.6. The van der Waals surface area contributed by atoms with E-state index in [-0.39, 0.29) is 43.1 Å². The van der Waals surface area contributed by atoms with E-state index in [0.717, 1.165) is 41.0 Å². The Hall–Kier alpha value is -2.78. The number of nitrogens with one attached hydrogen (secondary N) is 2. The van der Waals surface area contributed by atoms with Crippen molar-refractivity contribution in [3.63, 3.8) is 0 Å². The minimum absolute atomic E-state index is 0.0531. The van der Waals surface area contributed by atoms with Crippen molar-refractivity contribution in [1.29, 1.82) is 0 Å². The summed E-state index contributed by atoms with van der Waals surface area (Å²) < 4.78 is 0. The molecule has 202 valence electrons. The van der Waals surface area contributed by atoms with E-state index in [1.165, 1.54) is 4.90 Å². The molecule has 3 amide bonds. The number of nitrogens with zero attached hydrogens (tertiary/aromatic N) is 2. The van der Waals surface area contributed by atoms with Gasteiger partial charge in [0.05, 0.1) is 22.2 Å². The number of hydrogen-bond donors (Lipinski definition) is 3. The number of rotatable bonds is 9. The van der Waals surface area contributed by atoms with Gasteiger partial charge in [0.25, 0.3) is 0 Å². The van der Waals surface area contributed by atoms with Crippen LogP contribution in [0.5, 0.6) is 0 Å². The van der Waals surface area contributed by atoms with Crippen molar-refractivity contribution >= 4 is 34.6 Å². The van der Waals surface area contributed by atoms with Crippen molar-refractivity contribution in [2.24, 2.45) is 11.3 Å². The lowest BCUT2D eigenvalue weighted by molar-refractivity contribution is -0.145. The predicted molar refractivity (Wildman–Crippen MR) is 147 cm³/mol.